The number of allylic oxidation sites excluding steroid dienone is 1. The van der Waals surface area contributed by atoms with Gasteiger partial charge in [0.05, 0.1) is 23.4 Å². The molecule has 1 atom stereocenters. The third kappa shape index (κ3) is 3.17. The Hall–Kier alpha value is -3.03. The fraction of sp³-hybridized carbons (Fsp3) is 0.312. The summed E-state index contributed by atoms with van der Waals surface area (Å²) in [6.45, 7) is 4.10. The predicted octanol–water partition coefficient (Wildman–Crippen LogP) is 2.24. The fourth-order valence-corrected chi connectivity index (χ4v) is 2.73. The molecule has 3 rings (SSSR count). The molecule has 8 nitrogen and oxygen atoms in total. The van der Waals surface area contributed by atoms with Crippen molar-refractivity contribution in [3.63, 3.8) is 0 Å². The number of nitro benzene ring substituents is 1. The number of non-ortho nitro benzene ring substituents is 1. The highest BCUT2D eigenvalue weighted by Gasteiger charge is 2.35. The van der Waals surface area contributed by atoms with Crippen LogP contribution in [0.5, 0.6) is 0 Å². The van der Waals surface area contributed by atoms with Crippen LogP contribution in [0.15, 0.2) is 43.1 Å². The third-order valence-corrected chi connectivity index (χ3v) is 4.05. The zero-order valence-corrected chi connectivity index (χ0v) is 13.0. The van der Waals surface area contributed by atoms with E-state index in [0.717, 1.165) is 12.8 Å². The summed E-state index contributed by atoms with van der Waals surface area (Å²) in [5.41, 5.74) is 1.20. The Kier molecular flexibility index (Phi) is 4.37. The van der Waals surface area contributed by atoms with Crippen molar-refractivity contribution in [3.8, 4) is 5.69 Å². The molecule has 0 spiro atoms. The zero-order chi connectivity index (χ0) is 17.1. The molecule has 1 fully saturated rings. The number of hydrogen-bond donors (Lipinski definition) is 0. The Labute approximate surface area is 138 Å². The number of carbonyl (C=O) groups excluding carboxylic acids is 1. The van der Waals surface area contributed by atoms with Crippen LogP contribution in [0, 0.1) is 10.1 Å². The van der Waals surface area contributed by atoms with Crippen LogP contribution in [0.1, 0.15) is 25.0 Å². The Balaban J connectivity index is 1.71. The normalized spacial score (nSPS) is 16.8. The molecule has 1 aliphatic heterocycles. The largest absolute Gasteiger partial charge is 0.333 e. The van der Waals surface area contributed by atoms with Crippen LogP contribution < -0.4 is 0 Å². The van der Waals surface area contributed by atoms with Gasteiger partial charge in [0.25, 0.3) is 5.69 Å². The van der Waals surface area contributed by atoms with E-state index >= 15 is 0 Å². The SMILES string of the molecule is C=CCCC1CC(=O)N1Cc1cn(-c2cccc([N+](=O)[O-])c2)nn1. The van der Waals surface area contributed by atoms with Gasteiger partial charge in [0, 0.05) is 24.6 Å². The van der Waals surface area contributed by atoms with Crippen LogP contribution in [-0.2, 0) is 11.3 Å². The van der Waals surface area contributed by atoms with E-state index in [4.69, 9.17) is 0 Å². The van der Waals surface area contributed by atoms with E-state index in [1.54, 1.807) is 23.2 Å². The van der Waals surface area contributed by atoms with Crippen molar-refractivity contribution < 1.29 is 9.72 Å². The third-order valence-electron chi connectivity index (χ3n) is 4.05. The van der Waals surface area contributed by atoms with Crippen LogP contribution in [0.2, 0.25) is 0 Å². The van der Waals surface area contributed by atoms with Crippen molar-refractivity contribution in [2.45, 2.75) is 31.8 Å². The van der Waals surface area contributed by atoms with Gasteiger partial charge in [0.2, 0.25) is 5.91 Å². The van der Waals surface area contributed by atoms with Crippen LogP contribution in [-0.4, -0.2) is 36.8 Å². The first-order chi connectivity index (χ1) is 11.6. The predicted molar refractivity (Wildman–Crippen MR) is 86.4 cm³/mol. The molecular formula is C16H17N5O3. The molecule has 1 unspecified atom stereocenters. The second-order valence-corrected chi connectivity index (χ2v) is 5.68. The lowest BCUT2D eigenvalue weighted by atomic mass is 9.97. The minimum atomic E-state index is -0.454. The van der Waals surface area contributed by atoms with E-state index in [1.165, 1.54) is 16.8 Å². The molecule has 0 bridgehead atoms. The van der Waals surface area contributed by atoms with Crippen molar-refractivity contribution in [2.24, 2.45) is 0 Å². The summed E-state index contributed by atoms with van der Waals surface area (Å²) in [6, 6.07) is 6.38. The van der Waals surface area contributed by atoms with Crippen molar-refractivity contribution in [3.05, 3.63) is 58.9 Å². The maximum Gasteiger partial charge on any atom is 0.271 e. The van der Waals surface area contributed by atoms with Gasteiger partial charge in [0.15, 0.2) is 0 Å². The van der Waals surface area contributed by atoms with Gasteiger partial charge in [-0.05, 0) is 18.9 Å². The smallest absolute Gasteiger partial charge is 0.271 e. The number of aromatic nitrogens is 3. The lowest BCUT2D eigenvalue weighted by molar-refractivity contribution is -0.384. The highest BCUT2D eigenvalue weighted by Crippen LogP contribution is 2.25. The molecule has 24 heavy (non-hydrogen) atoms. The number of amides is 1. The number of rotatable bonds is 7. The molecule has 1 aromatic carbocycles. The number of hydrogen-bond acceptors (Lipinski definition) is 5. The van der Waals surface area contributed by atoms with Gasteiger partial charge in [-0.1, -0.05) is 17.4 Å². The first-order valence-corrected chi connectivity index (χ1v) is 7.65. The number of nitrogens with zero attached hydrogens (tertiary/aromatic N) is 5. The summed E-state index contributed by atoms with van der Waals surface area (Å²) in [5, 5.41) is 18.9. The summed E-state index contributed by atoms with van der Waals surface area (Å²) in [7, 11) is 0. The number of nitro groups is 1. The van der Waals surface area contributed by atoms with E-state index in [2.05, 4.69) is 16.9 Å². The lowest BCUT2D eigenvalue weighted by Gasteiger charge is -2.40. The Morgan fingerprint density at radius 3 is 3.00 bits per heavy atom. The summed E-state index contributed by atoms with van der Waals surface area (Å²) in [5.74, 6) is 0.106. The van der Waals surface area contributed by atoms with Crippen molar-refractivity contribution >= 4 is 11.6 Å². The minimum absolute atomic E-state index is 0.00744. The first-order valence-electron chi connectivity index (χ1n) is 7.65. The number of likely N-dealkylation sites (tertiary alicyclic amines) is 1. The molecule has 2 aromatic rings. The molecule has 124 valence electrons. The van der Waals surface area contributed by atoms with E-state index in [1.807, 2.05) is 6.08 Å². The zero-order valence-electron chi connectivity index (χ0n) is 13.0. The molecule has 0 N–H and O–H groups in total. The second-order valence-electron chi connectivity index (χ2n) is 5.68. The molecular weight excluding hydrogens is 310 g/mol. The minimum Gasteiger partial charge on any atom is -0.333 e. The van der Waals surface area contributed by atoms with Crippen molar-refractivity contribution in [2.75, 3.05) is 0 Å². The van der Waals surface area contributed by atoms with Crippen LogP contribution >= 0.6 is 0 Å². The topological polar surface area (TPSA) is 94.2 Å². The molecule has 0 saturated carbocycles. The van der Waals surface area contributed by atoms with Crippen LogP contribution in [0.25, 0.3) is 5.69 Å². The number of benzene rings is 1. The first kappa shape index (κ1) is 15.9. The van der Waals surface area contributed by atoms with Gasteiger partial charge in [-0.25, -0.2) is 4.68 Å². The Bertz CT molecular complexity index is 786. The fourth-order valence-electron chi connectivity index (χ4n) is 2.73. The molecule has 0 radical (unpaired) electrons. The lowest BCUT2D eigenvalue weighted by Crippen LogP contribution is -2.51. The Morgan fingerprint density at radius 2 is 2.29 bits per heavy atom. The molecule has 0 aliphatic carbocycles. The molecule has 1 amide bonds. The van der Waals surface area contributed by atoms with E-state index in [9.17, 15) is 14.9 Å². The van der Waals surface area contributed by atoms with Gasteiger partial charge < -0.3 is 4.90 Å². The van der Waals surface area contributed by atoms with Gasteiger partial charge in [0.1, 0.15) is 5.69 Å². The highest BCUT2D eigenvalue weighted by atomic mass is 16.6. The highest BCUT2D eigenvalue weighted by molar-refractivity contribution is 5.83. The maximum atomic E-state index is 11.8. The van der Waals surface area contributed by atoms with E-state index < -0.39 is 4.92 Å². The van der Waals surface area contributed by atoms with E-state index in [-0.39, 0.29) is 17.6 Å². The standard InChI is InChI=1S/C16H17N5O3/c1-2-3-5-13-9-16(22)19(13)10-12-11-20(18-17-12)14-6-4-7-15(8-14)21(23)24/h2,4,6-8,11,13H,1,3,5,9-10H2. The number of carbonyl (C=O) groups is 1. The van der Waals surface area contributed by atoms with Crippen LogP contribution in [0.3, 0.4) is 0 Å². The number of β-lactam (4-membered cyclic amide) rings is 1. The maximum absolute atomic E-state index is 11.8. The van der Waals surface area contributed by atoms with Crippen molar-refractivity contribution in [1.29, 1.82) is 0 Å². The van der Waals surface area contributed by atoms with Gasteiger partial charge >= 0.3 is 0 Å². The van der Waals surface area contributed by atoms with Gasteiger partial charge in [-0.3, -0.25) is 14.9 Å². The molecule has 2 heterocycles. The summed E-state index contributed by atoms with van der Waals surface area (Å²) in [4.78, 5) is 24.0. The summed E-state index contributed by atoms with van der Waals surface area (Å²) in [6.07, 6.45) is 5.87. The molecule has 1 aromatic heterocycles. The quantitative estimate of drug-likeness (QED) is 0.336. The Morgan fingerprint density at radius 1 is 1.46 bits per heavy atom. The van der Waals surface area contributed by atoms with Gasteiger partial charge in [-0.2, -0.15) is 0 Å². The summed E-state index contributed by atoms with van der Waals surface area (Å²) < 4.78 is 1.48. The molecule has 1 saturated heterocycles. The van der Waals surface area contributed by atoms with Gasteiger partial charge in [-0.15, -0.1) is 11.7 Å². The molecule has 1 aliphatic rings. The van der Waals surface area contributed by atoms with Crippen molar-refractivity contribution in [1.82, 2.24) is 19.9 Å². The average Bonchev–Trinajstić information content (AvgIpc) is 3.05. The van der Waals surface area contributed by atoms with Crippen LogP contribution in [0.4, 0.5) is 5.69 Å². The monoisotopic (exact) mass is 327 g/mol. The summed E-state index contributed by atoms with van der Waals surface area (Å²) >= 11 is 0. The second kappa shape index (κ2) is 6.61. The average molecular weight is 327 g/mol. The van der Waals surface area contributed by atoms with E-state index in [0.29, 0.717) is 24.3 Å². The molecule has 8 heteroatoms.